The molecule has 0 unspecified atom stereocenters. The number of hydrogen-bond acceptors (Lipinski definition) is 17. The highest BCUT2D eigenvalue weighted by molar-refractivity contribution is 6.04. The van der Waals surface area contributed by atoms with Crippen molar-refractivity contribution in [2.24, 2.45) is 0 Å². The molecule has 10 aromatic rings. The molecule has 4 aromatic carbocycles. The summed E-state index contributed by atoms with van der Waals surface area (Å²) in [6, 6.07) is 41.2. The molecule has 2 fully saturated rings. The maximum Gasteiger partial charge on any atom is 0.410 e. The van der Waals surface area contributed by atoms with E-state index in [-0.39, 0.29) is 30.0 Å². The Morgan fingerprint density at radius 3 is 1.42 bits per heavy atom. The quantitative estimate of drug-likeness (QED) is 0.0476. The zero-order valence-corrected chi connectivity index (χ0v) is 53.8. The van der Waals surface area contributed by atoms with Gasteiger partial charge in [0.25, 0.3) is 11.8 Å². The Morgan fingerprint density at radius 2 is 1.00 bits per heavy atom. The van der Waals surface area contributed by atoms with Crippen molar-refractivity contribution in [2.45, 2.75) is 104 Å². The van der Waals surface area contributed by atoms with E-state index in [0.29, 0.717) is 106 Å². The summed E-state index contributed by atoms with van der Waals surface area (Å²) < 4.78 is 32.8. The van der Waals surface area contributed by atoms with Crippen molar-refractivity contribution < 1.29 is 38.1 Å². The van der Waals surface area contributed by atoms with Crippen LogP contribution in [0.15, 0.2) is 158 Å². The number of carbonyl (C=O) groups excluding carboxylic acids is 3. The van der Waals surface area contributed by atoms with Crippen LogP contribution in [0.25, 0.3) is 22.1 Å². The van der Waals surface area contributed by atoms with Crippen molar-refractivity contribution >= 4 is 63.2 Å². The fourth-order valence-corrected chi connectivity index (χ4v) is 10.8. The lowest BCUT2D eigenvalue weighted by atomic mass is 10.1. The summed E-state index contributed by atoms with van der Waals surface area (Å²) >= 11 is 0. The second-order valence-electron chi connectivity index (χ2n) is 24.5. The number of anilines is 4. The number of carbonyl (C=O) groups is 3. The number of nitrogens with zero attached hydrogens (tertiary/aromatic N) is 9. The number of fused-ring (bicyclic) bond motifs is 2. The number of aromatic nitrogens is 8. The van der Waals surface area contributed by atoms with Gasteiger partial charge in [-0.05, 0) is 171 Å². The lowest BCUT2D eigenvalue weighted by Gasteiger charge is -2.24. The van der Waals surface area contributed by atoms with Crippen molar-refractivity contribution in [3.8, 4) is 34.5 Å². The lowest BCUT2D eigenvalue weighted by Crippen LogP contribution is -2.36. The van der Waals surface area contributed by atoms with E-state index in [4.69, 9.17) is 38.9 Å². The van der Waals surface area contributed by atoms with Crippen LogP contribution in [0.3, 0.4) is 0 Å². The standard InChI is InChI=1S/C38H43N7O5.C33H35N7O3/c1-24(2)27-15-18-39-32(21-27)42-36(46)26-9-13-30(14-10-26)49-31-16-19-40-35-33(31)34(43-45(35)22-25-7-11-29(48-6)12-8-25)41-28-17-20-44(23-28)37(47)50-38(3,4)5;1-21(2)24-12-16-35-29(18-24)38-33(41)23-6-10-27(11-7-23)43-28-14-17-36-32-30(28)31(37-25-13-15-34-19-25)39-40(32)20-22-4-8-26(42-3)9-5-22/h7-16,18-19,21,24,28H,17,20,22-23H2,1-6H3,(H,41,43)(H,39,42,46);4-12,14,16-18,21,25,34H,13,15,19-20H2,1-3H3,(H,37,39)(H,35,38,41)/t28-;25-/m11/s1. The van der Waals surface area contributed by atoms with Crippen LogP contribution in [0, 0.1) is 0 Å². The average Bonchev–Trinajstić information content (AvgIpc) is 1.65. The summed E-state index contributed by atoms with van der Waals surface area (Å²) in [4.78, 5) is 58.4. The van der Waals surface area contributed by atoms with Crippen LogP contribution < -0.4 is 45.5 Å². The number of benzene rings is 4. The predicted octanol–water partition coefficient (Wildman–Crippen LogP) is 13.3. The smallest absolute Gasteiger partial charge is 0.410 e. The summed E-state index contributed by atoms with van der Waals surface area (Å²) in [6.45, 7) is 17.8. The van der Waals surface area contributed by atoms with Crippen LogP contribution in [0.1, 0.15) is 116 Å². The third kappa shape index (κ3) is 16.1. The van der Waals surface area contributed by atoms with E-state index < -0.39 is 5.60 Å². The van der Waals surface area contributed by atoms with Gasteiger partial charge in [-0.2, -0.15) is 10.2 Å². The average molecular weight is 1260 g/mol. The van der Waals surface area contributed by atoms with Gasteiger partial charge < -0.3 is 55.2 Å². The first-order chi connectivity index (χ1) is 44.9. The number of amides is 3. The van der Waals surface area contributed by atoms with Crippen LogP contribution in [-0.2, 0) is 17.8 Å². The number of rotatable bonds is 20. The molecule has 22 nitrogen and oxygen atoms in total. The molecule has 6 aromatic heterocycles. The number of methoxy groups -OCH3 is 2. The minimum Gasteiger partial charge on any atom is -0.497 e. The van der Waals surface area contributed by atoms with E-state index in [2.05, 4.69) is 69.2 Å². The van der Waals surface area contributed by atoms with Gasteiger partial charge in [0.1, 0.15) is 62.5 Å². The zero-order valence-electron chi connectivity index (χ0n) is 53.8. The normalized spacial score (nSPS) is 14.6. The molecule has 0 aliphatic carbocycles. The minimum atomic E-state index is -0.574. The molecule has 0 spiro atoms. The zero-order chi connectivity index (χ0) is 65.2. The first-order valence-corrected chi connectivity index (χ1v) is 31.2. The van der Waals surface area contributed by atoms with Crippen LogP contribution in [0.4, 0.5) is 28.1 Å². The van der Waals surface area contributed by atoms with Gasteiger partial charge in [0, 0.05) is 79.8 Å². The van der Waals surface area contributed by atoms with Gasteiger partial charge in [0.05, 0.1) is 27.3 Å². The molecule has 8 heterocycles. The SMILES string of the molecule is COc1ccc(Cn2nc(N[C@@H]3CCN(C(=O)OC(C)(C)C)C3)c3c(Oc4ccc(C(=O)Nc5cc(C(C)C)ccn5)cc4)ccnc32)cc1.COc1ccc(Cn2nc(N[C@@H]3CCNC3)c3c(Oc4ccc(C(=O)Nc5cc(C(C)C)ccn5)cc4)ccnc32)cc1. The van der Waals surface area contributed by atoms with Crippen molar-refractivity contribution in [1.82, 2.24) is 49.7 Å². The van der Waals surface area contributed by atoms with Crippen LogP contribution >= 0.6 is 0 Å². The summed E-state index contributed by atoms with van der Waals surface area (Å²) in [5.41, 5.74) is 6.06. The molecule has 0 radical (unpaired) electrons. The van der Waals surface area contributed by atoms with Crippen LogP contribution in [0.2, 0.25) is 0 Å². The Kier molecular flexibility index (Phi) is 19.7. The van der Waals surface area contributed by atoms with Gasteiger partial charge in [-0.25, -0.2) is 34.1 Å². The van der Waals surface area contributed by atoms with Crippen molar-refractivity contribution in [2.75, 3.05) is 61.7 Å². The Hall–Kier alpha value is -10.6. The number of hydrogen-bond donors (Lipinski definition) is 5. The molecular formula is C71H78N14O8. The monoisotopic (exact) mass is 1250 g/mol. The fourth-order valence-electron chi connectivity index (χ4n) is 10.8. The molecule has 5 N–H and O–H groups in total. The first kappa shape index (κ1) is 63.9. The maximum atomic E-state index is 13.0. The molecule has 2 aliphatic heterocycles. The molecular weight excluding hydrogens is 1180 g/mol. The third-order valence-electron chi connectivity index (χ3n) is 15.8. The molecule has 12 rings (SSSR count). The fraction of sp³-hybridized carbons (Fsp3) is 0.310. The van der Waals surface area contributed by atoms with Gasteiger partial charge in [-0.1, -0.05) is 52.0 Å². The topological polar surface area (TPSA) is 248 Å². The van der Waals surface area contributed by atoms with Gasteiger partial charge in [0.15, 0.2) is 22.9 Å². The summed E-state index contributed by atoms with van der Waals surface area (Å²) in [7, 11) is 3.29. The Labute approximate surface area is 540 Å². The molecule has 2 atom stereocenters. The Balaban J connectivity index is 0.000000192. The van der Waals surface area contributed by atoms with Crippen LogP contribution in [-0.4, -0.2) is 120 Å². The van der Waals surface area contributed by atoms with Gasteiger partial charge in [-0.15, -0.1) is 0 Å². The predicted molar refractivity (Wildman–Crippen MR) is 360 cm³/mol. The Bertz CT molecular complexity index is 4220. The highest BCUT2D eigenvalue weighted by Gasteiger charge is 2.32. The number of nitrogens with one attached hydrogen (secondary N) is 5. The van der Waals surface area contributed by atoms with E-state index in [1.807, 2.05) is 109 Å². The molecule has 2 saturated heterocycles. The molecule has 0 saturated carbocycles. The Morgan fingerprint density at radius 1 is 0.559 bits per heavy atom. The van der Waals surface area contributed by atoms with E-state index in [9.17, 15) is 14.4 Å². The summed E-state index contributed by atoms with van der Waals surface area (Å²) in [5, 5.41) is 27.7. The first-order valence-electron chi connectivity index (χ1n) is 31.2. The largest absolute Gasteiger partial charge is 0.497 e. The lowest BCUT2D eigenvalue weighted by molar-refractivity contribution is 0.0293. The molecule has 93 heavy (non-hydrogen) atoms. The molecule has 0 bridgehead atoms. The van der Waals surface area contributed by atoms with Crippen molar-refractivity contribution in [3.63, 3.8) is 0 Å². The molecule has 22 heteroatoms. The summed E-state index contributed by atoms with van der Waals surface area (Å²) in [6.07, 6.45) is 8.22. The van der Waals surface area contributed by atoms with E-state index in [0.717, 1.165) is 70.9 Å². The van der Waals surface area contributed by atoms with Crippen molar-refractivity contribution in [3.05, 3.63) is 192 Å². The number of likely N-dealkylation sites (tertiary alicyclic amines) is 1. The van der Waals surface area contributed by atoms with Crippen molar-refractivity contribution in [1.29, 1.82) is 0 Å². The van der Waals surface area contributed by atoms with Gasteiger partial charge in [0.2, 0.25) is 0 Å². The minimum absolute atomic E-state index is 0.0587. The molecule has 480 valence electrons. The van der Waals surface area contributed by atoms with Crippen LogP contribution in [0.5, 0.6) is 34.5 Å². The van der Waals surface area contributed by atoms with Gasteiger partial charge in [-0.3, -0.25) is 9.59 Å². The summed E-state index contributed by atoms with van der Waals surface area (Å²) in [5.74, 6) is 6.41. The second-order valence-corrected chi connectivity index (χ2v) is 24.5. The van der Waals surface area contributed by atoms with Gasteiger partial charge >= 0.3 is 6.09 Å². The maximum absolute atomic E-state index is 13.0. The number of ether oxygens (including phenoxy) is 5. The third-order valence-corrected chi connectivity index (χ3v) is 15.8. The molecule has 3 amide bonds. The second kappa shape index (κ2) is 28.7. The highest BCUT2D eigenvalue weighted by Crippen LogP contribution is 2.38. The molecule has 2 aliphatic rings. The highest BCUT2D eigenvalue weighted by atomic mass is 16.6. The van der Waals surface area contributed by atoms with E-state index in [1.54, 1.807) is 98.5 Å². The number of pyridine rings is 4. The van der Waals surface area contributed by atoms with E-state index >= 15 is 0 Å². The van der Waals surface area contributed by atoms with E-state index in [1.165, 1.54) is 0 Å².